The Morgan fingerprint density at radius 2 is 1.77 bits per heavy atom. The van der Waals surface area contributed by atoms with Crippen LogP contribution in [0, 0.1) is 10.1 Å². The highest BCUT2D eigenvalue weighted by Crippen LogP contribution is 2.19. The largest absolute Gasteiger partial charge is 0.378 e. The lowest BCUT2D eigenvalue weighted by molar-refractivity contribution is -0.384. The zero-order chi connectivity index (χ0) is 22.2. The summed E-state index contributed by atoms with van der Waals surface area (Å²) in [6, 6.07) is 13.4. The third kappa shape index (κ3) is 6.38. The zero-order valence-electron chi connectivity index (χ0n) is 17.2. The molecule has 1 N–H and O–H groups in total. The summed E-state index contributed by atoms with van der Waals surface area (Å²) in [4.78, 5) is 38.2. The number of carbonyl (C=O) groups is 2. The Hall–Kier alpha value is -3.72. The molecule has 3 rings (SSSR count). The average Bonchev–Trinajstić information content (AvgIpc) is 2.78. The number of likely N-dealkylation sites (N-methyl/N-ethyl adjacent to an activating group) is 1. The molecule has 0 radical (unpaired) electrons. The van der Waals surface area contributed by atoms with Gasteiger partial charge in [-0.25, -0.2) is 0 Å². The molecule has 31 heavy (non-hydrogen) atoms. The molecule has 1 saturated heterocycles. The highest BCUT2D eigenvalue weighted by Gasteiger charge is 2.13. The monoisotopic (exact) mass is 424 g/mol. The summed E-state index contributed by atoms with van der Waals surface area (Å²) >= 11 is 0. The van der Waals surface area contributed by atoms with Gasteiger partial charge >= 0.3 is 0 Å². The molecule has 0 bridgehead atoms. The van der Waals surface area contributed by atoms with Gasteiger partial charge in [0, 0.05) is 49.7 Å². The molecule has 2 amide bonds. The molecule has 0 aromatic heterocycles. The molecule has 2 aromatic rings. The third-order valence-corrected chi connectivity index (χ3v) is 4.81. The number of nitro benzene ring substituents is 1. The fourth-order valence-corrected chi connectivity index (χ4v) is 3.07. The van der Waals surface area contributed by atoms with Crippen LogP contribution in [0.1, 0.15) is 5.56 Å². The molecule has 0 unspecified atom stereocenters. The van der Waals surface area contributed by atoms with Crippen LogP contribution in [0.2, 0.25) is 0 Å². The number of rotatable bonds is 7. The van der Waals surface area contributed by atoms with Crippen molar-refractivity contribution in [3.63, 3.8) is 0 Å². The Bertz CT molecular complexity index is 951. The van der Waals surface area contributed by atoms with E-state index in [9.17, 15) is 19.7 Å². The second-order valence-corrected chi connectivity index (χ2v) is 7.07. The van der Waals surface area contributed by atoms with Crippen molar-refractivity contribution in [3.05, 3.63) is 70.3 Å². The molecule has 1 aliphatic heterocycles. The molecule has 1 heterocycles. The molecule has 0 saturated carbocycles. The number of nitrogens with one attached hydrogen (secondary N) is 1. The van der Waals surface area contributed by atoms with E-state index >= 15 is 0 Å². The fraction of sp³-hybridized carbons (Fsp3) is 0.273. The van der Waals surface area contributed by atoms with E-state index in [4.69, 9.17) is 4.74 Å². The Morgan fingerprint density at radius 3 is 2.39 bits per heavy atom. The number of benzene rings is 2. The van der Waals surface area contributed by atoms with E-state index in [1.54, 1.807) is 18.2 Å². The summed E-state index contributed by atoms with van der Waals surface area (Å²) in [6.45, 7) is 2.99. The molecular weight excluding hydrogens is 400 g/mol. The molecule has 9 heteroatoms. The van der Waals surface area contributed by atoms with E-state index in [1.165, 1.54) is 30.2 Å². The van der Waals surface area contributed by atoms with Crippen LogP contribution in [0.15, 0.2) is 54.6 Å². The van der Waals surface area contributed by atoms with Crippen LogP contribution in [0.25, 0.3) is 6.08 Å². The maximum Gasteiger partial charge on any atom is 0.269 e. The van der Waals surface area contributed by atoms with Gasteiger partial charge in [0.05, 0.1) is 24.7 Å². The van der Waals surface area contributed by atoms with E-state index in [0.717, 1.165) is 18.8 Å². The van der Waals surface area contributed by atoms with Crippen LogP contribution in [0.5, 0.6) is 0 Å². The summed E-state index contributed by atoms with van der Waals surface area (Å²) in [5, 5.41) is 13.5. The van der Waals surface area contributed by atoms with Gasteiger partial charge in [0.1, 0.15) is 0 Å². The molecule has 1 fully saturated rings. The molecule has 0 aliphatic carbocycles. The first kappa shape index (κ1) is 22.0. The van der Waals surface area contributed by atoms with Crippen LogP contribution in [0.3, 0.4) is 0 Å². The van der Waals surface area contributed by atoms with Crippen LogP contribution in [-0.4, -0.2) is 61.5 Å². The first-order valence-electron chi connectivity index (χ1n) is 9.82. The maximum absolute atomic E-state index is 12.3. The Labute approximate surface area is 180 Å². The second kappa shape index (κ2) is 10.4. The van der Waals surface area contributed by atoms with Gasteiger partial charge in [0.25, 0.3) is 5.69 Å². The zero-order valence-corrected chi connectivity index (χ0v) is 17.2. The second-order valence-electron chi connectivity index (χ2n) is 7.07. The maximum atomic E-state index is 12.3. The molecule has 162 valence electrons. The van der Waals surface area contributed by atoms with E-state index in [0.29, 0.717) is 24.5 Å². The number of hydrogen-bond acceptors (Lipinski definition) is 6. The molecule has 0 spiro atoms. The van der Waals surface area contributed by atoms with Crippen LogP contribution < -0.4 is 10.2 Å². The van der Waals surface area contributed by atoms with Crippen LogP contribution in [0.4, 0.5) is 17.1 Å². The van der Waals surface area contributed by atoms with E-state index in [1.807, 2.05) is 24.3 Å². The minimum atomic E-state index is -0.485. The standard InChI is InChI=1S/C22H24N4O5/c1-24(22(28)11-4-17-2-7-20(8-3-17)26(29)30)16-21(27)23-18-5-9-19(10-6-18)25-12-14-31-15-13-25/h2-11H,12-16H2,1H3,(H,23,27). The summed E-state index contributed by atoms with van der Waals surface area (Å²) in [5.74, 6) is -0.658. The van der Waals surface area contributed by atoms with Gasteiger partial charge in [-0.2, -0.15) is 0 Å². The van der Waals surface area contributed by atoms with E-state index < -0.39 is 4.92 Å². The summed E-state index contributed by atoms with van der Waals surface area (Å²) in [5.41, 5.74) is 2.36. The minimum Gasteiger partial charge on any atom is -0.378 e. The van der Waals surface area contributed by atoms with E-state index in [-0.39, 0.29) is 24.0 Å². The predicted octanol–water partition coefficient (Wildman–Crippen LogP) is 2.54. The number of nitro groups is 1. The summed E-state index contributed by atoms with van der Waals surface area (Å²) in [7, 11) is 1.53. The highest BCUT2D eigenvalue weighted by molar-refractivity contribution is 5.98. The van der Waals surface area contributed by atoms with E-state index in [2.05, 4.69) is 10.2 Å². The average molecular weight is 424 g/mol. The highest BCUT2D eigenvalue weighted by atomic mass is 16.6. The first-order chi connectivity index (χ1) is 14.9. The number of hydrogen-bond donors (Lipinski definition) is 1. The van der Waals surface area contributed by atoms with Crippen molar-refractivity contribution in [3.8, 4) is 0 Å². The Kier molecular flexibility index (Phi) is 7.34. The third-order valence-electron chi connectivity index (χ3n) is 4.81. The van der Waals surface area contributed by atoms with Gasteiger partial charge in [0.2, 0.25) is 11.8 Å². The number of nitrogens with zero attached hydrogens (tertiary/aromatic N) is 3. The molecule has 2 aromatic carbocycles. The minimum absolute atomic E-state index is 0.0183. The normalized spacial score (nSPS) is 13.8. The lowest BCUT2D eigenvalue weighted by atomic mass is 10.2. The predicted molar refractivity (Wildman–Crippen MR) is 118 cm³/mol. The van der Waals surface area contributed by atoms with Gasteiger partial charge < -0.3 is 19.9 Å². The smallest absolute Gasteiger partial charge is 0.269 e. The molecule has 1 aliphatic rings. The number of amides is 2. The van der Waals surface area contributed by atoms with Gasteiger partial charge in [-0.1, -0.05) is 0 Å². The van der Waals surface area contributed by atoms with Crippen molar-refractivity contribution < 1.29 is 19.2 Å². The van der Waals surface area contributed by atoms with Crippen molar-refractivity contribution in [1.29, 1.82) is 0 Å². The van der Waals surface area contributed by atoms with Crippen molar-refractivity contribution in [2.75, 3.05) is 50.1 Å². The lowest BCUT2D eigenvalue weighted by Gasteiger charge is -2.28. The number of non-ortho nitro benzene ring substituents is 1. The number of morpholine rings is 1. The first-order valence-corrected chi connectivity index (χ1v) is 9.82. The van der Waals surface area contributed by atoms with Crippen LogP contribution >= 0.6 is 0 Å². The summed E-state index contributed by atoms with van der Waals surface area (Å²) < 4.78 is 5.35. The molecular formula is C22H24N4O5. The topological polar surface area (TPSA) is 105 Å². The fourth-order valence-electron chi connectivity index (χ4n) is 3.07. The number of anilines is 2. The van der Waals surface area contributed by atoms with Crippen LogP contribution in [-0.2, 0) is 14.3 Å². The summed E-state index contributed by atoms with van der Waals surface area (Å²) in [6.07, 6.45) is 2.87. The molecule has 9 nitrogen and oxygen atoms in total. The van der Waals surface area contributed by atoms with Gasteiger partial charge in [-0.05, 0) is 48.0 Å². The quantitative estimate of drug-likeness (QED) is 0.416. The van der Waals surface area contributed by atoms with Gasteiger partial charge in [0.15, 0.2) is 0 Å². The van der Waals surface area contributed by atoms with Crippen molar-refractivity contribution in [2.24, 2.45) is 0 Å². The van der Waals surface area contributed by atoms with Gasteiger partial charge in [-0.3, -0.25) is 19.7 Å². The van der Waals surface area contributed by atoms with Crippen molar-refractivity contribution in [2.45, 2.75) is 0 Å². The van der Waals surface area contributed by atoms with Crippen molar-refractivity contribution >= 4 is 35.0 Å². The SMILES string of the molecule is CN(CC(=O)Nc1ccc(N2CCOCC2)cc1)C(=O)C=Cc1ccc([N+](=O)[O-])cc1. The van der Waals surface area contributed by atoms with Gasteiger partial charge in [-0.15, -0.1) is 0 Å². The number of carbonyl (C=O) groups excluding carboxylic acids is 2. The van der Waals surface area contributed by atoms with Crippen molar-refractivity contribution in [1.82, 2.24) is 4.90 Å². The Balaban J connectivity index is 1.48. The Morgan fingerprint density at radius 1 is 1.13 bits per heavy atom. The molecule has 0 atom stereocenters. The lowest BCUT2D eigenvalue weighted by Crippen LogP contribution is -2.36. The number of ether oxygens (including phenoxy) is 1.